The molecule has 132 valence electrons. The van der Waals surface area contributed by atoms with E-state index in [0.29, 0.717) is 23.0 Å². The van der Waals surface area contributed by atoms with Crippen LogP contribution in [0.2, 0.25) is 0 Å². The normalized spacial score (nSPS) is 12.8. The van der Waals surface area contributed by atoms with Crippen molar-refractivity contribution in [3.05, 3.63) is 70.9 Å². The monoisotopic (exact) mass is 366 g/mol. The minimum absolute atomic E-state index is 0.113. The molecule has 7 heteroatoms. The Hall–Kier alpha value is -2.64. The Kier molecular flexibility index (Phi) is 4.73. The van der Waals surface area contributed by atoms with E-state index in [-0.39, 0.29) is 5.91 Å². The number of aromatic nitrogens is 2. The molecular formula is C19H18N4O2S. The number of nitrogens with one attached hydrogen (secondary N) is 2. The molecule has 0 atom stereocenters. The SMILES string of the molecule is Cc1nc(CSc2ccccc2C(=O)Nc2cccc3c2CNC3)no1. The summed E-state index contributed by atoms with van der Waals surface area (Å²) in [7, 11) is 0. The Morgan fingerprint density at radius 1 is 1.23 bits per heavy atom. The molecule has 0 bridgehead atoms. The van der Waals surface area contributed by atoms with E-state index in [0.717, 1.165) is 29.2 Å². The lowest BCUT2D eigenvalue weighted by Gasteiger charge is -2.12. The van der Waals surface area contributed by atoms with Crippen molar-refractivity contribution >= 4 is 23.4 Å². The van der Waals surface area contributed by atoms with Crippen molar-refractivity contribution in [3.63, 3.8) is 0 Å². The van der Waals surface area contributed by atoms with Gasteiger partial charge in [-0.2, -0.15) is 4.98 Å². The summed E-state index contributed by atoms with van der Waals surface area (Å²) in [4.78, 5) is 17.9. The highest BCUT2D eigenvalue weighted by Gasteiger charge is 2.18. The zero-order valence-electron chi connectivity index (χ0n) is 14.3. The maximum absolute atomic E-state index is 12.9. The first-order valence-corrected chi connectivity index (χ1v) is 9.33. The van der Waals surface area contributed by atoms with Gasteiger partial charge >= 0.3 is 0 Å². The number of fused-ring (bicyclic) bond motifs is 1. The van der Waals surface area contributed by atoms with E-state index in [9.17, 15) is 4.79 Å². The molecule has 2 aromatic carbocycles. The van der Waals surface area contributed by atoms with Gasteiger partial charge in [-0.05, 0) is 29.3 Å². The summed E-state index contributed by atoms with van der Waals surface area (Å²) in [6.07, 6.45) is 0. The predicted molar refractivity (Wildman–Crippen MR) is 100.0 cm³/mol. The number of carbonyl (C=O) groups excluding carboxylic acids is 1. The van der Waals surface area contributed by atoms with Gasteiger partial charge < -0.3 is 15.2 Å². The molecule has 2 heterocycles. The van der Waals surface area contributed by atoms with Crippen LogP contribution in [0.15, 0.2) is 51.9 Å². The number of hydrogen-bond acceptors (Lipinski definition) is 6. The third kappa shape index (κ3) is 3.49. The zero-order chi connectivity index (χ0) is 17.9. The zero-order valence-corrected chi connectivity index (χ0v) is 15.1. The number of hydrogen-bond donors (Lipinski definition) is 2. The molecule has 1 aliphatic rings. The first-order valence-electron chi connectivity index (χ1n) is 8.34. The van der Waals surface area contributed by atoms with Gasteiger partial charge in [0.2, 0.25) is 5.89 Å². The Bertz CT molecular complexity index is 954. The Labute approximate surface area is 155 Å². The molecule has 6 nitrogen and oxygen atoms in total. The summed E-state index contributed by atoms with van der Waals surface area (Å²) in [5.41, 5.74) is 3.90. The fourth-order valence-electron chi connectivity index (χ4n) is 2.96. The fraction of sp³-hybridized carbons (Fsp3) is 0.211. The van der Waals surface area contributed by atoms with Crippen molar-refractivity contribution < 1.29 is 9.32 Å². The van der Waals surface area contributed by atoms with Crippen LogP contribution in [0.5, 0.6) is 0 Å². The fourth-order valence-corrected chi connectivity index (χ4v) is 3.85. The summed E-state index contributed by atoms with van der Waals surface area (Å²) in [6.45, 7) is 3.38. The van der Waals surface area contributed by atoms with Gasteiger partial charge in [0.25, 0.3) is 5.91 Å². The van der Waals surface area contributed by atoms with Crippen molar-refractivity contribution in [2.75, 3.05) is 5.32 Å². The van der Waals surface area contributed by atoms with Crippen molar-refractivity contribution in [2.24, 2.45) is 0 Å². The van der Waals surface area contributed by atoms with E-state index in [1.807, 2.05) is 36.4 Å². The molecular weight excluding hydrogens is 348 g/mol. The minimum Gasteiger partial charge on any atom is -0.340 e. The van der Waals surface area contributed by atoms with Crippen molar-refractivity contribution in [1.82, 2.24) is 15.5 Å². The molecule has 26 heavy (non-hydrogen) atoms. The summed E-state index contributed by atoms with van der Waals surface area (Å²) in [5.74, 6) is 1.59. The second-order valence-electron chi connectivity index (χ2n) is 6.02. The molecule has 1 aromatic heterocycles. The average molecular weight is 366 g/mol. The van der Waals surface area contributed by atoms with Gasteiger partial charge in [-0.15, -0.1) is 11.8 Å². The van der Waals surface area contributed by atoms with E-state index in [1.165, 1.54) is 17.3 Å². The summed E-state index contributed by atoms with van der Waals surface area (Å²) >= 11 is 1.52. The Balaban J connectivity index is 1.52. The van der Waals surface area contributed by atoms with Gasteiger partial charge in [-0.1, -0.05) is 29.4 Å². The molecule has 0 aliphatic carbocycles. The third-order valence-corrected chi connectivity index (χ3v) is 5.27. The molecule has 0 unspecified atom stereocenters. The van der Waals surface area contributed by atoms with E-state index < -0.39 is 0 Å². The highest BCUT2D eigenvalue weighted by Crippen LogP contribution is 2.28. The van der Waals surface area contributed by atoms with Crippen LogP contribution >= 0.6 is 11.8 Å². The van der Waals surface area contributed by atoms with Crippen molar-refractivity contribution in [3.8, 4) is 0 Å². The molecule has 0 fully saturated rings. The van der Waals surface area contributed by atoms with Crippen molar-refractivity contribution in [1.29, 1.82) is 0 Å². The second-order valence-corrected chi connectivity index (χ2v) is 7.03. The van der Waals surface area contributed by atoms with Crippen LogP contribution in [0.4, 0.5) is 5.69 Å². The Morgan fingerprint density at radius 2 is 2.12 bits per heavy atom. The van der Waals surface area contributed by atoms with Gasteiger partial charge in [0.15, 0.2) is 5.82 Å². The van der Waals surface area contributed by atoms with Crippen LogP contribution in [-0.2, 0) is 18.8 Å². The number of rotatable bonds is 5. The highest BCUT2D eigenvalue weighted by molar-refractivity contribution is 7.98. The number of amides is 1. The van der Waals surface area contributed by atoms with E-state index in [2.05, 4.69) is 26.8 Å². The summed E-state index contributed by atoms with van der Waals surface area (Å²) < 4.78 is 4.99. The number of thioether (sulfide) groups is 1. The smallest absolute Gasteiger partial charge is 0.256 e. The molecule has 1 amide bonds. The van der Waals surface area contributed by atoms with Crippen molar-refractivity contribution in [2.45, 2.75) is 30.7 Å². The maximum atomic E-state index is 12.9. The number of carbonyl (C=O) groups is 1. The molecule has 4 rings (SSSR count). The van der Waals surface area contributed by atoms with E-state index in [4.69, 9.17) is 4.52 Å². The van der Waals surface area contributed by atoms with Crippen LogP contribution in [0.3, 0.4) is 0 Å². The van der Waals surface area contributed by atoms with Gasteiger partial charge in [0.05, 0.1) is 11.3 Å². The van der Waals surface area contributed by atoms with Crippen LogP contribution in [-0.4, -0.2) is 16.0 Å². The first-order chi connectivity index (χ1) is 12.7. The molecule has 0 radical (unpaired) electrons. The molecule has 2 N–H and O–H groups in total. The van der Waals surface area contributed by atoms with Crippen LogP contribution in [0, 0.1) is 6.92 Å². The third-order valence-electron chi connectivity index (χ3n) is 4.20. The average Bonchev–Trinajstić information content (AvgIpc) is 3.29. The van der Waals surface area contributed by atoms with Crippen LogP contribution < -0.4 is 10.6 Å². The number of aryl methyl sites for hydroxylation is 1. The van der Waals surface area contributed by atoms with Gasteiger partial charge in [0.1, 0.15) is 0 Å². The minimum atomic E-state index is -0.113. The van der Waals surface area contributed by atoms with Crippen LogP contribution in [0.25, 0.3) is 0 Å². The molecule has 3 aromatic rings. The topological polar surface area (TPSA) is 80.0 Å². The van der Waals surface area contributed by atoms with Gasteiger partial charge in [0, 0.05) is 30.6 Å². The molecule has 0 saturated carbocycles. The van der Waals surface area contributed by atoms with E-state index >= 15 is 0 Å². The molecule has 0 spiro atoms. The largest absolute Gasteiger partial charge is 0.340 e. The Morgan fingerprint density at radius 3 is 2.96 bits per heavy atom. The summed E-state index contributed by atoms with van der Waals surface area (Å²) in [5, 5.41) is 10.3. The quantitative estimate of drug-likeness (QED) is 0.673. The molecule has 1 aliphatic heterocycles. The lowest BCUT2D eigenvalue weighted by atomic mass is 10.1. The summed E-state index contributed by atoms with van der Waals surface area (Å²) in [6, 6.07) is 13.6. The lowest BCUT2D eigenvalue weighted by molar-refractivity contribution is 0.102. The first kappa shape index (κ1) is 16.8. The van der Waals surface area contributed by atoms with Crippen LogP contribution in [0.1, 0.15) is 33.2 Å². The van der Waals surface area contributed by atoms with Gasteiger partial charge in [-0.3, -0.25) is 4.79 Å². The lowest BCUT2D eigenvalue weighted by Crippen LogP contribution is -2.14. The number of nitrogens with zero attached hydrogens (tertiary/aromatic N) is 2. The van der Waals surface area contributed by atoms with Gasteiger partial charge in [-0.25, -0.2) is 0 Å². The standard InChI is InChI=1S/C19H18N4O2S/c1-12-21-18(23-25-12)11-26-17-8-3-2-6-14(17)19(24)22-16-7-4-5-13-9-20-10-15(13)16/h2-8,20H,9-11H2,1H3,(H,22,24). The maximum Gasteiger partial charge on any atom is 0.256 e. The number of anilines is 1. The molecule has 0 saturated heterocycles. The number of benzene rings is 2. The highest BCUT2D eigenvalue weighted by atomic mass is 32.2. The van der Waals surface area contributed by atoms with E-state index in [1.54, 1.807) is 6.92 Å². The second kappa shape index (κ2) is 7.31. The predicted octanol–water partition coefficient (Wildman–Crippen LogP) is 3.53.